The van der Waals surface area contributed by atoms with Crippen molar-refractivity contribution in [2.75, 3.05) is 11.9 Å². The Hall–Kier alpha value is -1.61. The fraction of sp³-hybridized carbons (Fsp3) is 0.154. The third kappa shape index (κ3) is 2.74. The number of rotatable bonds is 3. The number of benzene rings is 1. The van der Waals surface area contributed by atoms with Crippen LogP contribution in [0.15, 0.2) is 42.6 Å². The Kier molecular flexibility index (Phi) is 3.59. The van der Waals surface area contributed by atoms with Crippen LogP contribution in [-0.2, 0) is 5.88 Å². The third-order valence-electron chi connectivity index (χ3n) is 2.52. The Morgan fingerprint density at radius 1 is 1.24 bits per heavy atom. The van der Waals surface area contributed by atoms with E-state index in [1.807, 2.05) is 24.1 Å². The molecule has 2 aromatic rings. The van der Waals surface area contributed by atoms with E-state index >= 15 is 0 Å². The summed E-state index contributed by atoms with van der Waals surface area (Å²) in [7, 11) is 1.88. The summed E-state index contributed by atoms with van der Waals surface area (Å²) in [5, 5.41) is 0. The molecule has 1 aromatic carbocycles. The van der Waals surface area contributed by atoms with Crippen LogP contribution in [0.4, 0.5) is 15.9 Å². The van der Waals surface area contributed by atoms with Gasteiger partial charge in [0.2, 0.25) is 0 Å². The zero-order valence-corrected chi connectivity index (χ0v) is 10.2. The van der Waals surface area contributed by atoms with Crippen molar-refractivity contribution in [2.24, 2.45) is 0 Å². The first-order valence-corrected chi connectivity index (χ1v) is 5.74. The Morgan fingerprint density at radius 3 is 2.59 bits per heavy atom. The fourth-order valence-electron chi connectivity index (χ4n) is 1.52. The summed E-state index contributed by atoms with van der Waals surface area (Å²) in [4.78, 5) is 6.14. The van der Waals surface area contributed by atoms with Crippen molar-refractivity contribution in [3.63, 3.8) is 0 Å². The molecule has 0 aliphatic heterocycles. The quantitative estimate of drug-likeness (QED) is 0.772. The van der Waals surface area contributed by atoms with Crippen molar-refractivity contribution >= 4 is 23.1 Å². The molecule has 0 unspecified atom stereocenters. The van der Waals surface area contributed by atoms with E-state index in [2.05, 4.69) is 4.98 Å². The number of hydrogen-bond donors (Lipinski definition) is 0. The van der Waals surface area contributed by atoms with Crippen molar-refractivity contribution < 1.29 is 4.39 Å². The lowest BCUT2D eigenvalue weighted by molar-refractivity contribution is 0.628. The first-order chi connectivity index (χ1) is 8.20. The van der Waals surface area contributed by atoms with Gasteiger partial charge in [-0.1, -0.05) is 0 Å². The molecule has 2 rings (SSSR count). The molecular weight excluding hydrogens is 239 g/mol. The van der Waals surface area contributed by atoms with Crippen LogP contribution >= 0.6 is 11.6 Å². The van der Waals surface area contributed by atoms with Crippen LogP contribution in [0.2, 0.25) is 0 Å². The standard InChI is InChI=1S/C13H12ClFN2/c1-17(12-4-2-11(15)3-5-12)13-8-10(9-14)6-7-16-13/h2-8H,9H2,1H3. The van der Waals surface area contributed by atoms with Crippen LogP contribution < -0.4 is 4.90 Å². The van der Waals surface area contributed by atoms with Gasteiger partial charge in [-0.05, 0) is 42.0 Å². The fourth-order valence-corrected chi connectivity index (χ4v) is 1.69. The zero-order valence-electron chi connectivity index (χ0n) is 9.40. The van der Waals surface area contributed by atoms with E-state index in [1.54, 1.807) is 18.3 Å². The molecule has 0 amide bonds. The number of hydrogen-bond acceptors (Lipinski definition) is 2. The van der Waals surface area contributed by atoms with Crippen LogP contribution in [0, 0.1) is 5.82 Å². The summed E-state index contributed by atoms with van der Waals surface area (Å²) in [5.41, 5.74) is 1.89. The van der Waals surface area contributed by atoms with Gasteiger partial charge in [0.15, 0.2) is 0 Å². The van der Waals surface area contributed by atoms with E-state index in [-0.39, 0.29) is 5.82 Å². The van der Waals surface area contributed by atoms with E-state index in [9.17, 15) is 4.39 Å². The van der Waals surface area contributed by atoms with Gasteiger partial charge >= 0.3 is 0 Å². The zero-order chi connectivity index (χ0) is 12.3. The molecule has 17 heavy (non-hydrogen) atoms. The topological polar surface area (TPSA) is 16.1 Å². The lowest BCUT2D eigenvalue weighted by atomic mass is 10.2. The van der Waals surface area contributed by atoms with Gasteiger partial charge in [0.1, 0.15) is 11.6 Å². The average molecular weight is 251 g/mol. The lowest BCUT2D eigenvalue weighted by Gasteiger charge is -2.18. The number of nitrogens with zero attached hydrogens (tertiary/aromatic N) is 2. The maximum Gasteiger partial charge on any atom is 0.132 e. The smallest absolute Gasteiger partial charge is 0.132 e. The van der Waals surface area contributed by atoms with Gasteiger partial charge in [0.05, 0.1) is 0 Å². The maximum atomic E-state index is 12.8. The molecule has 2 nitrogen and oxygen atoms in total. The van der Waals surface area contributed by atoms with Gasteiger partial charge in [0.25, 0.3) is 0 Å². The summed E-state index contributed by atoms with van der Waals surface area (Å²) in [6.45, 7) is 0. The van der Waals surface area contributed by atoms with Crippen molar-refractivity contribution in [1.29, 1.82) is 0 Å². The monoisotopic (exact) mass is 250 g/mol. The minimum atomic E-state index is -0.246. The van der Waals surface area contributed by atoms with Crippen molar-refractivity contribution in [1.82, 2.24) is 4.98 Å². The molecule has 0 radical (unpaired) electrons. The highest BCUT2D eigenvalue weighted by molar-refractivity contribution is 6.17. The first-order valence-electron chi connectivity index (χ1n) is 5.21. The molecule has 0 atom stereocenters. The summed E-state index contributed by atoms with van der Waals surface area (Å²) < 4.78 is 12.8. The Bertz CT molecular complexity index is 499. The highest BCUT2D eigenvalue weighted by Gasteiger charge is 2.05. The predicted octanol–water partition coefficient (Wildman–Crippen LogP) is 3.73. The number of anilines is 2. The molecule has 0 aliphatic rings. The normalized spacial score (nSPS) is 10.3. The van der Waals surface area contributed by atoms with E-state index in [0.29, 0.717) is 5.88 Å². The van der Waals surface area contributed by atoms with Crippen LogP contribution in [0.1, 0.15) is 5.56 Å². The Morgan fingerprint density at radius 2 is 1.94 bits per heavy atom. The maximum absolute atomic E-state index is 12.8. The van der Waals surface area contributed by atoms with Gasteiger partial charge < -0.3 is 4.90 Å². The van der Waals surface area contributed by atoms with Gasteiger partial charge in [-0.2, -0.15) is 0 Å². The lowest BCUT2D eigenvalue weighted by Crippen LogP contribution is -2.11. The molecule has 0 spiro atoms. The van der Waals surface area contributed by atoms with E-state index < -0.39 is 0 Å². The summed E-state index contributed by atoms with van der Waals surface area (Å²) in [6, 6.07) is 10.1. The largest absolute Gasteiger partial charge is 0.329 e. The van der Waals surface area contributed by atoms with Crippen LogP contribution in [-0.4, -0.2) is 12.0 Å². The van der Waals surface area contributed by atoms with E-state index in [0.717, 1.165) is 17.1 Å². The van der Waals surface area contributed by atoms with Crippen LogP contribution in [0.5, 0.6) is 0 Å². The first kappa shape index (κ1) is 11.9. The molecule has 1 heterocycles. The Balaban J connectivity index is 2.29. The SMILES string of the molecule is CN(c1ccc(F)cc1)c1cc(CCl)ccn1. The van der Waals surface area contributed by atoms with Gasteiger partial charge in [-0.3, -0.25) is 0 Å². The summed E-state index contributed by atoms with van der Waals surface area (Å²) in [6.07, 6.45) is 1.72. The highest BCUT2D eigenvalue weighted by atomic mass is 35.5. The second-order valence-corrected chi connectivity index (χ2v) is 3.96. The molecule has 88 valence electrons. The molecule has 4 heteroatoms. The van der Waals surface area contributed by atoms with Gasteiger partial charge in [0, 0.05) is 24.8 Å². The van der Waals surface area contributed by atoms with E-state index in [1.165, 1.54) is 12.1 Å². The van der Waals surface area contributed by atoms with E-state index in [4.69, 9.17) is 11.6 Å². The summed E-state index contributed by atoms with van der Waals surface area (Å²) >= 11 is 5.77. The Labute approximate surface area is 105 Å². The number of halogens is 2. The van der Waals surface area contributed by atoms with Gasteiger partial charge in [-0.25, -0.2) is 9.37 Å². The molecule has 0 bridgehead atoms. The highest BCUT2D eigenvalue weighted by Crippen LogP contribution is 2.22. The molecular formula is C13H12ClFN2. The van der Waals surface area contributed by atoms with Crippen LogP contribution in [0.25, 0.3) is 0 Å². The van der Waals surface area contributed by atoms with Crippen LogP contribution in [0.3, 0.4) is 0 Å². The van der Waals surface area contributed by atoms with Crippen molar-refractivity contribution in [3.8, 4) is 0 Å². The molecule has 0 saturated heterocycles. The minimum Gasteiger partial charge on any atom is -0.329 e. The molecule has 0 N–H and O–H groups in total. The minimum absolute atomic E-state index is 0.246. The van der Waals surface area contributed by atoms with Crippen molar-refractivity contribution in [2.45, 2.75) is 5.88 Å². The molecule has 0 saturated carbocycles. The molecule has 0 aliphatic carbocycles. The average Bonchev–Trinajstić information content (AvgIpc) is 2.39. The predicted molar refractivity (Wildman–Crippen MR) is 68.3 cm³/mol. The number of pyridine rings is 1. The second kappa shape index (κ2) is 5.15. The van der Waals surface area contributed by atoms with Crippen molar-refractivity contribution in [3.05, 3.63) is 54.0 Å². The van der Waals surface area contributed by atoms with Gasteiger partial charge in [-0.15, -0.1) is 11.6 Å². The number of aromatic nitrogens is 1. The third-order valence-corrected chi connectivity index (χ3v) is 2.83. The molecule has 0 fully saturated rings. The second-order valence-electron chi connectivity index (χ2n) is 3.69. The number of alkyl halides is 1. The summed E-state index contributed by atoms with van der Waals surface area (Å²) in [5.74, 6) is 0.992. The molecule has 1 aromatic heterocycles.